The zero-order valence-corrected chi connectivity index (χ0v) is 7.04. The molecule has 1 aromatic heterocycles. The zero-order chi connectivity index (χ0) is 9.14. The molecule has 0 bridgehead atoms. The van der Waals surface area contributed by atoms with Gasteiger partial charge in [0.25, 0.3) is 0 Å². The molecule has 1 atom stereocenters. The van der Waals surface area contributed by atoms with Gasteiger partial charge < -0.3 is 14.9 Å². The van der Waals surface area contributed by atoms with Crippen molar-refractivity contribution < 1.29 is 19.7 Å². The number of ether oxygens (including phenoxy) is 1. The van der Waals surface area contributed by atoms with E-state index in [9.17, 15) is 4.79 Å². The number of carboxylic acid groups (broad SMARTS) is 1. The van der Waals surface area contributed by atoms with Gasteiger partial charge in [-0.15, -0.1) is 0 Å². The maximum atomic E-state index is 10.3. The molecule has 0 aliphatic heterocycles. The molecule has 0 spiro atoms. The molecule has 0 radical (unpaired) electrons. The number of aliphatic hydroxyl groups is 1. The molecular weight excluding hydrogens is 182 g/mol. The van der Waals surface area contributed by atoms with Gasteiger partial charge in [0.05, 0.1) is 12.0 Å². The maximum absolute atomic E-state index is 10.3. The monoisotopic (exact) mass is 189 g/mol. The van der Waals surface area contributed by atoms with Crippen LogP contribution in [0.3, 0.4) is 0 Å². The molecular formula is C6H7NO4S. The Morgan fingerprint density at radius 1 is 1.83 bits per heavy atom. The second-order valence-corrected chi connectivity index (χ2v) is 2.85. The predicted molar refractivity (Wildman–Crippen MR) is 41.3 cm³/mol. The number of hydrogen-bond acceptors (Lipinski definition) is 5. The Morgan fingerprint density at radius 2 is 2.50 bits per heavy atom. The summed E-state index contributed by atoms with van der Waals surface area (Å²) in [6.45, 7) is 0. The highest BCUT2D eigenvalue weighted by Gasteiger charge is 2.18. The SMILES string of the molecule is COc1cc(C(O)C(=O)O)sn1. The van der Waals surface area contributed by atoms with E-state index in [1.165, 1.54) is 13.2 Å². The van der Waals surface area contributed by atoms with Crippen LogP contribution in [0, 0.1) is 0 Å². The molecule has 1 rings (SSSR count). The summed E-state index contributed by atoms with van der Waals surface area (Å²) in [5.41, 5.74) is 0. The second-order valence-electron chi connectivity index (χ2n) is 2.01. The fourth-order valence-corrected chi connectivity index (χ4v) is 1.30. The van der Waals surface area contributed by atoms with Gasteiger partial charge in [-0.2, -0.15) is 4.37 Å². The molecule has 2 N–H and O–H groups in total. The topological polar surface area (TPSA) is 79.7 Å². The molecule has 0 aromatic carbocycles. The second kappa shape index (κ2) is 3.51. The van der Waals surface area contributed by atoms with E-state index in [0.29, 0.717) is 5.88 Å². The standard InChI is InChI=1S/C6H7NO4S/c1-11-4-2-3(12-7-4)5(8)6(9)10/h2,5,8H,1H3,(H,9,10). The zero-order valence-electron chi connectivity index (χ0n) is 6.22. The van der Waals surface area contributed by atoms with Crippen LogP contribution in [0.2, 0.25) is 0 Å². The van der Waals surface area contributed by atoms with Crippen LogP contribution in [0.1, 0.15) is 11.0 Å². The molecule has 0 fully saturated rings. The number of aliphatic hydroxyl groups excluding tert-OH is 1. The summed E-state index contributed by atoms with van der Waals surface area (Å²) in [6.07, 6.45) is -1.51. The number of nitrogens with zero attached hydrogens (tertiary/aromatic N) is 1. The summed E-state index contributed by atoms with van der Waals surface area (Å²) in [5, 5.41) is 17.4. The maximum Gasteiger partial charge on any atom is 0.338 e. The lowest BCUT2D eigenvalue weighted by Gasteiger charge is -1.98. The third-order valence-electron chi connectivity index (χ3n) is 1.22. The van der Waals surface area contributed by atoms with Crippen LogP contribution in [0.25, 0.3) is 0 Å². The Hall–Kier alpha value is -1.14. The largest absolute Gasteiger partial charge is 0.480 e. The average molecular weight is 189 g/mol. The van der Waals surface area contributed by atoms with E-state index in [4.69, 9.17) is 14.9 Å². The van der Waals surface area contributed by atoms with E-state index in [1.54, 1.807) is 0 Å². The lowest BCUT2D eigenvalue weighted by molar-refractivity contribution is -0.146. The molecule has 66 valence electrons. The summed E-state index contributed by atoms with van der Waals surface area (Å²) < 4.78 is 8.45. The van der Waals surface area contributed by atoms with E-state index < -0.39 is 12.1 Å². The summed E-state index contributed by atoms with van der Waals surface area (Å²) in [6, 6.07) is 1.39. The summed E-state index contributed by atoms with van der Waals surface area (Å²) in [7, 11) is 1.42. The van der Waals surface area contributed by atoms with Gasteiger partial charge in [0.1, 0.15) is 0 Å². The van der Waals surface area contributed by atoms with Crippen LogP contribution in [-0.2, 0) is 4.79 Å². The quantitative estimate of drug-likeness (QED) is 0.713. The van der Waals surface area contributed by atoms with Crippen LogP contribution in [-0.4, -0.2) is 27.7 Å². The van der Waals surface area contributed by atoms with Crippen molar-refractivity contribution >= 4 is 17.5 Å². The molecule has 0 aliphatic carbocycles. The van der Waals surface area contributed by atoms with Gasteiger partial charge >= 0.3 is 5.97 Å². The number of carboxylic acids is 1. The van der Waals surface area contributed by atoms with Crippen molar-refractivity contribution in [1.82, 2.24) is 4.37 Å². The molecule has 1 heterocycles. The average Bonchev–Trinajstić information content (AvgIpc) is 2.50. The first kappa shape index (κ1) is 8.95. The van der Waals surface area contributed by atoms with Gasteiger partial charge in [-0.25, -0.2) is 4.79 Å². The number of rotatable bonds is 3. The minimum atomic E-state index is -1.51. The number of aliphatic carboxylic acids is 1. The fourth-order valence-electron chi connectivity index (χ4n) is 0.619. The highest BCUT2D eigenvalue weighted by atomic mass is 32.1. The lowest BCUT2D eigenvalue weighted by Crippen LogP contribution is -2.08. The fraction of sp³-hybridized carbons (Fsp3) is 0.333. The first-order valence-electron chi connectivity index (χ1n) is 3.06. The highest BCUT2D eigenvalue weighted by Crippen LogP contribution is 2.22. The molecule has 0 saturated carbocycles. The van der Waals surface area contributed by atoms with Crippen molar-refractivity contribution in [3.8, 4) is 5.88 Å². The molecule has 5 nitrogen and oxygen atoms in total. The molecule has 0 amide bonds. The minimum Gasteiger partial charge on any atom is -0.480 e. The van der Waals surface area contributed by atoms with E-state index in [2.05, 4.69) is 4.37 Å². The van der Waals surface area contributed by atoms with Gasteiger partial charge in [-0.1, -0.05) is 0 Å². The van der Waals surface area contributed by atoms with Crippen LogP contribution >= 0.6 is 11.5 Å². The van der Waals surface area contributed by atoms with Crippen molar-refractivity contribution in [2.24, 2.45) is 0 Å². The van der Waals surface area contributed by atoms with Crippen LogP contribution in [0.15, 0.2) is 6.07 Å². The van der Waals surface area contributed by atoms with Gasteiger partial charge in [0.15, 0.2) is 6.10 Å². The van der Waals surface area contributed by atoms with Crippen molar-refractivity contribution in [3.05, 3.63) is 10.9 Å². The number of methoxy groups -OCH3 is 1. The van der Waals surface area contributed by atoms with Crippen LogP contribution in [0.4, 0.5) is 0 Å². The first-order valence-corrected chi connectivity index (χ1v) is 3.84. The lowest BCUT2D eigenvalue weighted by atomic mass is 10.3. The van der Waals surface area contributed by atoms with E-state index in [1.807, 2.05) is 0 Å². The smallest absolute Gasteiger partial charge is 0.338 e. The normalized spacial score (nSPS) is 12.5. The predicted octanol–water partition coefficient (Wildman–Crippen LogP) is 0.270. The van der Waals surface area contributed by atoms with Gasteiger partial charge in [-0.3, -0.25) is 0 Å². The minimum absolute atomic E-state index is 0.263. The Balaban J connectivity index is 2.81. The highest BCUT2D eigenvalue weighted by molar-refractivity contribution is 7.06. The van der Waals surface area contributed by atoms with E-state index >= 15 is 0 Å². The first-order chi connectivity index (χ1) is 5.65. The Morgan fingerprint density at radius 3 is 2.92 bits per heavy atom. The Kier molecular flexibility index (Phi) is 2.61. The van der Waals surface area contributed by atoms with Crippen molar-refractivity contribution in [3.63, 3.8) is 0 Å². The summed E-state index contributed by atoms with van der Waals surface area (Å²) >= 11 is 0.905. The van der Waals surface area contributed by atoms with Gasteiger partial charge in [-0.05, 0) is 11.5 Å². The van der Waals surface area contributed by atoms with Crippen molar-refractivity contribution in [2.75, 3.05) is 7.11 Å². The molecule has 0 aliphatic rings. The van der Waals surface area contributed by atoms with Crippen LogP contribution < -0.4 is 4.74 Å². The third-order valence-corrected chi connectivity index (χ3v) is 2.04. The molecule has 1 unspecified atom stereocenters. The van der Waals surface area contributed by atoms with Crippen molar-refractivity contribution in [2.45, 2.75) is 6.10 Å². The number of carbonyl (C=O) groups is 1. The Labute approximate surface area is 72.4 Å². The number of hydrogen-bond donors (Lipinski definition) is 2. The Bertz CT molecular complexity index is 285. The molecule has 12 heavy (non-hydrogen) atoms. The molecule has 1 aromatic rings. The van der Waals surface area contributed by atoms with Crippen LogP contribution in [0.5, 0.6) is 5.88 Å². The van der Waals surface area contributed by atoms with Crippen molar-refractivity contribution in [1.29, 1.82) is 0 Å². The van der Waals surface area contributed by atoms with Gasteiger partial charge in [0.2, 0.25) is 5.88 Å². The number of aromatic nitrogens is 1. The van der Waals surface area contributed by atoms with E-state index in [-0.39, 0.29) is 4.88 Å². The van der Waals surface area contributed by atoms with Gasteiger partial charge in [0, 0.05) is 6.07 Å². The molecule has 0 saturated heterocycles. The van der Waals surface area contributed by atoms with E-state index in [0.717, 1.165) is 11.5 Å². The third kappa shape index (κ3) is 1.72. The summed E-state index contributed by atoms with van der Waals surface area (Å²) in [4.78, 5) is 10.5. The summed E-state index contributed by atoms with van der Waals surface area (Å²) in [5.74, 6) is -0.975. The molecule has 6 heteroatoms.